The van der Waals surface area contributed by atoms with E-state index in [1.807, 2.05) is 19.3 Å². The van der Waals surface area contributed by atoms with Crippen molar-refractivity contribution in [2.75, 3.05) is 6.54 Å². The number of carbonyl (C=O) groups excluding carboxylic acids is 1. The summed E-state index contributed by atoms with van der Waals surface area (Å²) >= 11 is 0. The van der Waals surface area contributed by atoms with Gasteiger partial charge in [-0.3, -0.25) is 9.48 Å². The maximum absolute atomic E-state index is 11.5. The lowest BCUT2D eigenvalue weighted by Gasteiger charge is -2.09. The fourth-order valence-corrected chi connectivity index (χ4v) is 1.25. The minimum Gasteiger partial charge on any atom is -0.307 e. The Morgan fingerprint density at radius 2 is 2.40 bits per heavy atom. The van der Waals surface area contributed by atoms with Gasteiger partial charge in [0.25, 0.3) is 0 Å². The van der Waals surface area contributed by atoms with Gasteiger partial charge in [-0.15, -0.1) is 0 Å². The number of aromatic nitrogens is 2. The van der Waals surface area contributed by atoms with Gasteiger partial charge in [0.15, 0.2) is 5.78 Å². The molecule has 0 radical (unpaired) electrons. The highest BCUT2D eigenvalue weighted by Crippen LogP contribution is 1.96. The van der Waals surface area contributed by atoms with Crippen LogP contribution in [0.2, 0.25) is 0 Å². The lowest BCUT2D eigenvalue weighted by Crippen LogP contribution is -2.31. The molecule has 1 rings (SSSR count). The molecular formula is C11H19N3O. The summed E-state index contributed by atoms with van der Waals surface area (Å²) in [5.74, 6) is 0.189. The Kier molecular flexibility index (Phi) is 4.49. The van der Waals surface area contributed by atoms with E-state index in [9.17, 15) is 4.79 Å². The molecule has 0 saturated carbocycles. The molecule has 0 fully saturated rings. The van der Waals surface area contributed by atoms with Crippen LogP contribution in [0.25, 0.3) is 0 Å². The summed E-state index contributed by atoms with van der Waals surface area (Å²) in [6.07, 6.45) is 3.31. The van der Waals surface area contributed by atoms with E-state index in [1.165, 1.54) is 0 Å². The zero-order chi connectivity index (χ0) is 11.3. The predicted molar refractivity (Wildman–Crippen MR) is 59.7 cm³/mol. The Bertz CT molecular complexity index is 319. The Morgan fingerprint density at radius 3 is 2.93 bits per heavy atom. The smallest absolute Gasteiger partial charge is 0.152 e. The van der Waals surface area contributed by atoms with Crippen LogP contribution in [-0.4, -0.2) is 28.2 Å². The summed E-state index contributed by atoms with van der Waals surface area (Å²) in [4.78, 5) is 11.5. The number of rotatable bonds is 6. The van der Waals surface area contributed by atoms with Crippen LogP contribution in [0.1, 0.15) is 26.0 Å². The highest BCUT2D eigenvalue weighted by Gasteiger charge is 2.07. The molecule has 1 heterocycles. The number of aryl methyl sites for hydroxylation is 1. The zero-order valence-electron chi connectivity index (χ0n) is 9.66. The number of ketones is 1. The maximum atomic E-state index is 11.5. The van der Waals surface area contributed by atoms with Gasteiger partial charge in [-0.2, -0.15) is 5.10 Å². The molecule has 0 saturated heterocycles. The SMILES string of the molecule is CCC(C)NCC(=O)Cc1ccn(C)n1. The summed E-state index contributed by atoms with van der Waals surface area (Å²) in [5, 5.41) is 7.34. The third-order valence-electron chi connectivity index (χ3n) is 2.41. The van der Waals surface area contributed by atoms with Crippen LogP contribution in [0.4, 0.5) is 0 Å². The van der Waals surface area contributed by atoms with Crippen molar-refractivity contribution in [3.8, 4) is 0 Å². The molecule has 4 nitrogen and oxygen atoms in total. The van der Waals surface area contributed by atoms with Gasteiger partial charge in [0.2, 0.25) is 0 Å². The average Bonchev–Trinajstić information content (AvgIpc) is 2.60. The minimum absolute atomic E-state index is 0.189. The van der Waals surface area contributed by atoms with Crippen molar-refractivity contribution in [3.63, 3.8) is 0 Å². The molecule has 4 heteroatoms. The van der Waals surface area contributed by atoms with E-state index in [0.29, 0.717) is 19.0 Å². The number of nitrogens with zero attached hydrogens (tertiary/aromatic N) is 2. The third kappa shape index (κ3) is 4.25. The van der Waals surface area contributed by atoms with Crippen molar-refractivity contribution in [3.05, 3.63) is 18.0 Å². The first-order valence-electron chi connectivity index (χ1n) is 5.35. The molecule has 1 aromatic heterocycles. The lowest BCUT2D eigenvalue weighted by molar-refractivity contribution is -0.117. The summed E-state index contributed by atoms with van der Waals surface area (Å²) in [5.41, 5.74) is 0.841. The van der Waals surface area contributed by atoms with Gasteiger partial charge in [-0.1, -0.05) is 6.92 Å². The number of nitrogens with one attached hydrogen (secondary N) is 1. The second-order valence-electron chi connectivity index (χ2n) is 3.89. The molecule has 0 aliphatic heterocycles. The number of carbonyl (C=O) groups is 1. The Labute approximate surface area is 90.7 Å². The van der Waals surface area contributed by atoms with Gasteiger partial charge in [0, 0.05) is 19.3 Å². The average molecular weight is 209 g/mol. The van der Waals surface area contributed by atoms with Crippen LogP contribution in [0.15, 0.2) is 12.3 Å². The van der Waals surface area contributed by atoms with Crippen molar-refractivity contribution in [2.24, 2.45) is 7.05 Å². The third-order valence-corrected chi connectivity index (χ3v) is 2.41. The highest BCUT2D eigenvalue weighted by atomic mass is 16.1. The first kappa shape index (κ1) is 11.9. The van der Waals surface area contributed by atoms with Crippen LogP contribution in [0, 0.1) is 0 Å². The first-order chi connectivity index (χ1) is 7.11. The van der Waals surface area contributed by atoms with E-state index in [4.69, 9.17) is 0 Å². The molecule has 0 aliphatic carbocycles. The molecule has 84 valence electrons. The van der Waals surface area contributed by atoms with Crippen molar-refractivity contribution in [1.82, 2.24) is 15.1 Å². The van der Waals surface area contributed by atoms with Crippen molar-refractivity contribution in [1.29, 1.82) is 0 Å². The summed E-state index contributed by atoms with van der Waals surface area (Å²) in [6, 6.07) is 2.28. The van der Waals surface area contributed by atoms with Gasteiger partial charge < -0.3 is 5.32 Å². The monoisotopic (exact) mass is 209 g/mol. The number of hydrogen-bond acceptors (Lipinski definition) is 3. The summed E-state index contributed by atoms with van der Waals surface area (Å²) in [6.45, 7) is 4.61. The maximum Gasteiger partial charge on any atom is 0.152 e. The summed E-state index contributed by atoms with van der Waals surface area (Å²) in [7, 11) is 1.85. The number of Topliss-reactive ketones (excluding diaryl/α,β-unsaturated/α-hetero) is 1. The molecule has 0 amide bonds. The Balaban J connectivity index is 2.30. The molecule has 1 aromatic rings. The van der Waals surface area contributed by atoms with Gasteiger partial charge in [-0.25, -0.2) is 0 Å². The van der Waals surface area contributed by atoms with Crippen LogP contribution in [0.5, 0.6) is 0 Å². The molecule has 1 unspecified atom stereocenters. The van der Waals surface area contributed by atoms with Gasteiger partial charge in [0.05, 0.1) is 18.7 Å². The van der Waals surface area contributed by atoms with E-state index >= 15 is 0 Å². The van der Waals surface area contributed by atoms with Crippen LogP contribution in [0.3, 0.4) is 0 Å². The van der Waals surface area contributed by atoms with Crippen molar-refractivity contribution in [2.45, 2.75) is 32.7 Å². The second-order valence-corrected chi connectivity index (χ2v) is 3.89. The molecule has 15 heavy (non-hydrogen) atoms. The van der Waals surface area contributed by atoms with E-state index in [1.54, 1.807) is 4.68 Å². The first-order valence-corrected chi connectivity index (χ1v) is 5.35. The van der Waals surface area contributed by atoms with Crippen LogP contribution < -0.4 is 5.32 Å². The highest BCUT2D eigenvalue weighted by molar-refractivity contribution is 5.82. The Morgan fingerprint density at radius 1 is 1.67 bits per heavy atom. The molecule has 1 atom stereocenters. The standard InChI is InChI=1S/C11H19N3O/c1-4-9(2)12-8-11(15)7-10-5-6-14(3)13-10/h5-6,9,12H,4,7-8H2,1-3H3. The summed E-state index contributed by atoms with van der Waals surface area (Å²) < 4.78 is 1.71. The second kappa shape index (κ2) is 5.66. The molecule has 0 aromatic carbocycles. The Hall–Kier alpha value is -1.16. The quantitative estimate of drug-likeness (QED) is 0.758. The molecule has 0 aliphatic rings. The van der Waals surface area contributed by atoms with E-state index in [-0.39, 0.29) is 5.78 Å². The molecule has 0 bridgehead atoms. The molecule has 0 spiro atoms. The molecular weight excluding hydrogens is 190 g/mol. The van der Waals surface area contributed by atoms with Crippen LogP contribution >= 0.6 is 0 Å². The van der Waals surface area contributed by atoms with Gasteiger partial charge in [0.1, 0.15) is 0 Å². The van der Waals surface area contributed by atoms with E-state index in [0.717, 1.165) is 12.1 Å². The predicted octanol–water partition coefficient (Wildman–Crippen LogP) is 0.920. The lowest BCUT2D eigenvalue weighted by atomic mass is 10.2. The largest absolute Gasteiger partial charge is 0.307 e. The molecule has 1 N–H and O–H groups in total. The minimum atomic E-state index is 0.189. The van der Waals surface area contributed by atoms with Gasteiger partial charge in [-0.05, 0) is 19.4 Å². The zero-order valence-corrected chi connectivity index (χ0v) is 9.66. The number of hydrogen-bond donors (Lipinski definition) is 1. The van der Waals surface area contributed by atoms with E-state index in [2.05, 4.69) is 24.3 Å². The fourth-order valence-electron chi connectivity index (χ4n) is 1.25. The van der Waals surface area contributed by atoms with Crippen LogP contribution in [-0.2, 0) is 18.3 Å². The van der Waals surface area contributed by atoms with Gasteiger partial charge >= 0.3 is 0 Å². The normalized spacial score (nSPS) is 12.7. The van der Waals surface area contributed by atoms with E-state index < -0.39 is 0 Å². The van der Waals surface area contributed by atoms with Crippen molar-refractivity contribution >= 4 is 5.78 Å². The van der Waals surface area contributed by atoms with Crippen molar-refractivity contribution < 1.29 is 4.79 Å². The topological polar surface area (TPSA) is 46.9 Å². The fraction of sp³-hybridized carbons (Fsp3) is 0.636.